The van der Waals surface area contributed by atoms with Crippen LogP contribution in [0.4, 0.5) is 13.2 Å². The van der Waals surface area contributed by atoms with Crippen molar-refractivity contribution in [2.24, 2.45) is 5.92 Å². The van der Waals surface area contributed by atoms with Crippen molar-refractivity contribution in [3.05, 3.63) is 34.9 Å². The first-order valence-electron chi connectivity index (χ1n) is 6.73. The summed E-state index contributed by atoms with van der Waals surface area (Å²) in [5.41, 5.74) is 0.285. The maximum absolute atomic E-state index is 12.7. The van der Waals surface area contributed by atoms with Crippen molar-refractivity contribution in [3.8, 4) is 0 Å². The van der Waals surface area contributed by atoms with Gasteiger partial charge < -0.3 is 0 Å². The van der Waals surface area contributed by atoms with Gasteiger partial charge >= 0.3 is 6.18 Å². The molecule has 8 heteroatoms. The van der Waals surface area contributed by atoms with Crippen molar-refractivity contribution < 1.29 is 21.6 Å². The van der Waals surface area contributed by atoms with E-state index in [1.165, 1.54) is 19.1 Å². The highest BCUT2D eigenvalue weighted by molar-refractivity contribution is 7.88. The molecule has 0 saturated heterocycles. The number of nitrogens with zero attached hydrogens (tertiary/aromatic N) is 1. The van der Waals surface area contributed by atoms with E-state index in [0.717, 1.165) is 0 Å². The Hall–Kier alpha value is -0.790. The average Bonchev–Trinajstić information content (AvgIpc) is 2.36. The minimum atomic E-state index is -4.60. The molecule has 0 aliphatic rings. The Bertz CT molecular complexity index is 602. The first-order chi connectivity index (χ1) is 9.94. The van der Waals surface area contributed by atoms with Crippen molar-refractivity contribution in [1.29, 1.82) is 0 Å². The van der Waals surface area contributed by atoms with Gasteiger partial charge in [0.15, 0.2) is 0 Å². The molecule has 0 aliphatic carbocycles. The first-order valence-corrected chi connectivity index (χ1v) is 8.72. The summed E-state index contributed by atoms with van der Waals surface area (Å²) >= 11 is 5.91. The van der Waals surface area contributed by atoms with E-state index in [0.29, 0.717) is 4.31 Å². The van der Waals surface area contributed by atoms with E-state index >= 15 is 0 Å². The Morgan fingerprint density at radius 1 is 1.18 bits per heavy atom. The zero-order chi connectivity index (χ0) is 17.1. The molecule has 0 saturated carbocycles. The molecule has 1 aromatic carbocycles. The topological polar surface area (TPSA) is 37.4 Å². The van der Waals surface area contributed by atoms with Gasteiger partial charge in [0.1, 0.15) is 6.54 Å². The quantitative estimate of drug-likeness (QED) is 0.769. The summed E-state index contributed by atoms with van der Waals surface area (Å²) < 4.78 is 63.6. The Kier molecular flexibility index (Phi) is 6.29. The van der Waals surface area contributed by atoms with Crippen LogP contribution in [0, 0.1) is 5.92 Å². The largest absolute Gasteiger partial charge is 0.402 e. The average molecular weight is 358 g/mol. The van der Waals surface area contributed by atoms with Crippen LogP contribution in [-0.2, 0) is 15.8 Å². The monoisotopic (exact) mass is 357 g/mol. The van der Waals surface area contributed by atoms with E-state index < -0.39 is 34.5 Å². The lowest BCUT2D eigenvalue weighted by Gasteiger charge is -2.31. The molecule has 0 N–H and O–H groups in total. The number of hydrogen-bond acceptors (Lipinski definition) is 2. The molecule has 0 aromatic heterocycles. The molecule has 0 amide bonds. The third-order valence-corrected chi connectivity index (χ3v) is 5.63. The normalized spacial score (nSPS) is 14.6. The summed E-state index contributed by atoms with van der Waals surface area (Å²) in [6.45, 7) is 3.33. The molecule has 126 valence electrons. The Labute approximate surface area is 134 Å². The molecule has 3 nitrogen and oxygen atoms in total. The molecular weight excluding hydrogens is 339 g/mol. The van der Waals surface area contributed by atoms with Gasteiger partial charge in [-0.05, 0) is 24.5 Å². The molecule has 0 aliphatic heterocycles. The van der Waals surface area contributed by atoms with E-state index in [2.05, 4.69) is 0 Å². The Balaban J connectivity index is 3.13. The van der Waals surface area contributed by atoms with E-state index in [1.54, 1.807) is 26.0 Å². The van der Waals surface area contributed by atoms with Gasteiger partial charge in [0, 0.05) is 11.1 Å². The molecule has 1 unspecified atom stereocenters. The van der Waals surface area contributed by atoms with Crippen LogP contribution in [0.15, 0.2) is 24.3 Å². The molecule has 22 heavy (non-hydrogen) atoms. The predicted molar refractivity (Wildman–Crippen MR) is 81.1 cm³/mol. The van der Waals surface area contributed by atoms with Crippen molar-refractivity contribution in [2.45, 2.75) is 38.7 Å². The smallest absolute Gasteiger partial charge is 0.212 e. The second-order valence-corrected chi connectivity index (χ2v) is 7.82. The van der Waals surface area contributed by atoms with Crippen LogP contribution in [0.2, 0.25) is 5.02 Å². The highest BCUT2D eigenvalue weighted by atomic mass is 35.5. The van der Waals surface area contributed by atoms with Crippen LogP contribution in [0.25, 0.3) is 0 Å². The zero-order valence-electron chi connectivity index (χ0n) is 12.6. The van der Waals surface area contributed by atoms with Crippen molar-refractivity contribution in [2.75, 3.05) is 6.54 Å². The molecule has 0 radical (unpaired) electrons. The molecule has 0 bridgehead atoms. The standard InChI is InChI=1S/C14H19ClF3NO2S/c1-10(2)11(3)19(9-14(16,17)18)22(20,21)8-12-6-4-5-7-13(12)15/h4-7,10-11H,8-9H2,1-3H3. The van der Waals surface area contributed by atoms with Crippen LogP contribution in [-0.4, -0.2) is 31.5 Å². The summed E-state index contributed by atoms with van der Waals surface area (Å²) in [5, 5.41) is 0.218. The summed E-state index contributed by atoms with van der Waals surface area (Å²) in [7, 11) is -4.15. The fraction of sp³-hybridized carbons (Fsp3) is 0.571. The Morgan fingerprint density at radius 3 is 2.18 bits per heavy atom. The summed E-state index contributed by atoms with van der Waals surface area (Å²) in [6.07, 6.45) is -4.60. The second-order valence-electron chi connectivity index (χ2n) is 5.49. The lowest BCUT2D eigenvalue weighted by molar-refractivity contribution is -0.140. The van der Waals surface area contributed by atoms with Gasteiger partial charge in [-0.25, -0.2) is 8.42 Å². The maximum atomic E-state index is 12.7. The van der Waals surface area contributed by atoms with E-state index in [9.17, 15) is 21.6 Å². The Morgan fingerprint density at radius 2 is 1.73 bits per heavy atom. The van der Waals surface area contributed by atoms with Gasteiger partial charge in [0.25, 0.3) is 0 Å². The first kappa shape index (κ1) is 19.3. The summed E-state index contributed by atoms with van der Waals surface area (Å²) in [4.78, 5) is 0. The number of halogens is 4. The third-order valence-electron chi connectivity index (χ3n) is 3.41. The third kappa shape index (κ3) is 5.44. The minimum absolute atomic E-state index is 0.218. The van der Waals surface area contributed by atoms with Crippen molar-refractivity contribution >= 4 is 21.6 Å². The molecule has 0 fully saturated rings. The van der Waals surface area contributed by atoms with Crippen molar-refractivity contribution in [1.82, 2.24) is 4.31 Å². The number of alkyl halides is 3. The van der Waals surface area contributed by atoms with Crippen LogP contribution in [0.1, 0.15) is 26.3 Å². The van der Waals surface area contributed by atoms with Gasteiger partial charge in [-0.2, -0.15) is 17.5 Å². The predicted octanol–water partition coefficient (Wildman–Crippen LogP) is 4.08. The van der Waals surface area contributed by atoms with Crippen LogP contribution >= 0.6 is 11.6 Å². The minimum Gasteiger partial charge on any atom is -0.212 e. The van der Waals surface area contributed by atoms with Crippen LogP contribution in [0.5, 0.6) is 0 Å². The maximum Gasteiger partial charge on any atom is 0.402 e. The van der Waals surface area contributed by atoms with E-state index in [1.807, 2.05) is 0 Å². The molecular formula is C14H19ClF3NO2S. The van der Waals surface area contributed by atoms with Gasteiger partial charge in [0.2, 0.25) is 10.0 Å². The number of rotatable bonds is 6. The number of benzene rings is 1. The highest BCUT2D eigenvalue weighted by Crippen LogP contribution is 2.26. The van der Waals surface area contributed by atoms with Gasteiger partial charge in [0.05, 0.1) is 5.75 Å². The molecule has 0 heterocycles. The fourth-order valence-corrected chi connectivity index (χ4v) is 4.09. The van der Waals surface area contributed by atoms with Crippen LogP contribution in [0.3, 0.4) is 0 Å². The summed E-state index contributed by atoms with van der Waals surface area (Å²) in [5.74, 6) is -0.803. The number of sulfonamides is 1. The molecule has 1 aromatic rings. The fourth-order valence-electron chi connectivity index (χ4n) is 1.90. The molecule has 1 atom stereocenters. The molecule has 0 spiro atoms. The van der Waals surface area contributed by atoms with Crippen LogP contribution < -0.4 is 0 Å². The summed E-state index contributed by atoms with van der Waals surface area (Å²) in [6, 6.07) is 5.45. The molecule has 1 rings (SSSR count). The van der Waals surface area contributed by atoms with Gasteiger partial charge in [-0.1, -0.05) is 43.6 Å². The van der Waals surface area contributed by atoms with E-state index in [-0.39, 0.29) is 16.5 Å². The lowest BCUT2D eigenvalue weighted by atomic mass is 10.1. The van der Waals surface area contributed by atoms with Gasteiger partial charge in [-0.3, -0.25) is 0 Å². The lowest BCUT2D eigenvalue weighted by Crippen LogP contribution is -2.46. The van der Waals surface area contributed by atoms with E-state index in [4.69, 9.17) is 11.6 Å². The highest BCUT2D eigenvalue weighted by Gasteiger charge is 2.39. The van der Waals surface area contributed by atoms with Gasteiger partial charge in [-0.15, -0.1) is 0 Å². The number of hydrogen-bond donors (Lipinski definition) is 0. The zero-order valence-corrected chi connectivity index (χ0v) is 14.1. The SMILES string of the molecule is CC(C)C(C)N(CC(F)(F)F)S(=O)(=O)Cc1ccccc1Cl. The van der Waals surface area contributed by atoms with Crippen molar-refractivity contribution in [3.63, 3.8) is 0 Å². The second kappa shape index (κ2) is 7.19.